The minimum atomic E-state index is -4.90. The van der Waals surface area contributed by atoms with Crippen LogP contribution < -0.4 is 0 Å². The Bertz CT molecular complexity index is 1160. The number of aromatic nitrogens is 1. The summed E-state index contributed by atoms with van der Waals surface area (Å²) in [7, 11) is 0. The summed E-state index contributed by atoms with van der Waals surface area (Å²) in [6, 6.07) is 13.5. The van der Waals surface area contributed by atoms with Gasteiger partial charge in [0.1, 0.15) is 0 Å². The Morgan fingerprint density at radius 3 is 1.89 bits per heavy atom. The van der Waals surface area contributed by atoms with Crippen LogP contribution in [-0.4, -0.2) is 4.98 Å². The molecule has 142 valence electrons. The zero-order chi connectivity index (χ0) is 20.1. The van der Waals surface area contributed by atoms with E-state index in [1.54, 1.807) is 30.3 Å². The summed E-state index contributed by atoms with van der Waals surface area (Å²) in [4.78, 5) is 4.29. The molecule has 7 heteroatoms. The normalized spacial score (nSPS) is 12.6. The van der Waals surface area contributed by atoms with Crippen LogP contribution in [-0.2, 0) is 12.4 Å². The van der Waals surface area contributed by atoms with Gasteiger partial charge in [0.25, 0.3) is 0 Å². The van der Waals surface area contributed by atoms with Crippen molar-refractivity contribution in [1.82, 2.24) is 4.98 Å². The third-order valence-corrected chi connectivity index (χ3v) is 4.51. The second-order valence-corrected chi connectivity index (χ2v) is 6.34. The zero-order valence-corrected chi connectivity index (χ0v) is 14.1. The number of halogens is 6. The van der Waals surface area contributed by atoms with E-state index in [1.165, 1.54) is 12.3 Å². The maximum Gasteiger partial charge on any atom is 0.416 e. The summed E-state index contributed by atoms with van der Waals surface area (Å²) in [5.74, 6) is 0. The number of alkyl halides is 6. The molecule has 0 atom stereocenters. The molecule has 1 nitrogen and oxygen atoms in total. The number of nitrogens with zero attached hydrogens (tertiary/aromatic N) is 1. The van der Waals surface area contributed by atoms with E-state index < -0.39 is 23.5 Å². The minimum Gasteiger partial charge on any atom is -0.256 e. The topological polar surface area (TPSA) is 12.9 Å². The third-order valence-electron chi connectivity index (χ3n) is 4.51. The van der Waals surface area contributed by atoms with E-state index >= 15 is 0 Å². The minimum absolute atomic E-state index is 0.130. The molecule has 28 heavy (non-hydrogen) atoms. The molecule has 0 radical (unpaired) electrons. The molecule has 0 unspecified atom stereocenters. The van der Waals surface area contributed by atoms with Gasteiger partial charge in [0.15, 0.2) is 0 Å². The maximum absolute atomic E-state index is 13.2. The molecule has 3 aromatic carbocycles. The van der Waals surface area contributed by atoms with Crippen LogP contribution in [0.1, 0.15) is 11.1 Å². The second-order valence-electron chi connectivity index (χ2n) is 6.34. The van der Waals surface area contributed by atoms with E-state index in [0.29, 0.717) is 16.3 Å². The van der Waals surface area contributed by atoms with Gasteiger partial charge in [0, 0.05) is 17.0 Å². The van der Waals surface area contributed by atoms with Gasteiger partial charge in [-0.15, -0.1) is 0 Å². The van der Waals surface area contributed by atoms with Crippen molar-refractivity contribution < 1.29 is 26.3 Å². The first-order valence-corrected chi connectivity index (χ1v) is 8.21. The summed E-state index contributed by atoms with van der Waals surface area (Å²) >= 11 is 0. The molecule has 0 amide bonds. The molecule has 4 aromatic rings. The molecule has 0 saturated carbocycles. The second kappa shape index (κ2) is 6.22. The number of fused-ring (bicyclic) bond motifs is 3. The third kappa shape index (κ3) is 3.17. The predicted molar refractivity (Wildman–Crippen MR) is 94.7 cm³/mol. The SMILES string of the molecule is FC(F)(F)c1cc(-c2cccc3ccc4cccnc4c23)cc(C(F)(F)F)c1. The van der Waals surface area contributed by atoms with E-state index in [4.69, 9.17) is 0 Å². The predicted octanol–water partition coefficient (Wildman–Crippen LogP) is 7.09. The lowest BCUT2D eigenvalue weighted by molar-refractivity contribution is -0.143. The van der Waals surface area contributed by atoms with E-state index in [0.717, 1.165) is 17.5 Å². The molecule has 0 aliphatic carbocycles. The largest absolute Gasteiger partial charge is 0.416 e. The van der Waals surface area contributed by atoms with Crippen molar-refractivity contribution in [3.63, 3.8) is 0 Å². The molecule has 1 heterocycles. The highest BCUT2D eigenvalue weighted by Crippen LogP contribution is 2.41. The van der Waals surface area contributed by atoms with Crippen molar-refractivity contribution in [2.24, 2.45) is 0 Å². The smallest absolute Gasteiger partial charge is 0.256 e. The molecule has 0 spiro atoms. The van der Waals surface area contributed by atoms with Crippen LogP contribution in [0.15, 0.2) is 66.9 Å². The number of benzene rings is 3. The average molecular weight is 391 g/mol. The Labute approximate surface area is 155 Å². The molecule has 4 rings (SSSR count). The van der Waals surface area contributed by atoms with Gasteiger partial charge in [0.2, 0.25) is 0 Å². The lowest BCUT2D eigenvalue weighted by Crippen LogP contribution is -2.11. The highest BCUT2D eigenvalue weighted by molar-refractivity contribution is 6.12. The Morgan fingerprint density at radius 2 is 1.25 bits per heavy atom. The van der Waals surface area contributed by atoms with Crippen molar-refractivity contribution in [3.05, 3.63) is 78.0 Å². The van der Waals surface area contributed by atoms with Crippen molar-refractivity contribution >= 4 is 21.7 Å². The molecule has 0 saturated heterocycles. The number of hydrogen-bond acceptors (Lipinski definition) is 1. The highest BCUT2D eigenvalue weighted by Gasteiger charge is 2.37. The van der Waals surface area contributed by atoms with E-state index in [9.17, 15) is 26.3 Å². The first-order chi connectivity index (χ1) is 13.1. The van der Waals surface area contributed by atoms with Gasteiger partial charge in [0.05, 0.1) is 16.6 Å². The molecule has 0 fully saturated rings. The van der Waals surface area contributed by atoms with Gasteiger partial charge in [-0.05, 0) is 40.8 Å². The summed E-state index contributed by atoms with van der Waals surface area (Å²) in [6.45, 7) is 0. The lowest BCUT2D eigenvalue weighted by Gasteiger charge is -2.16. The van der Waals surface area contributed by atoms with Crippen LogP contribution in [0.4, 0.5) is 26.3 Å². The summed E-state index contributed by atoms with van der Waals surface area (Å²) < 4.78 is 79.4. The number of rotatable bonds is 1. The Morgan fingerprint density at radius 1 is 0.643 bits per heavy atom. The monoisotopic (exact) mass is 391 g/mol. The lowest BCUT2D eigenvalue weighted by atomic mass is 9.93. The summed E-state index contributed by atoms with van der Waals surface area (Å²) in [5.41, 5.74) is -2.07. The van der Waals surface area contributed by atoms with Crippen LogP contribution in [0, 0.1) is 0 Å². The Hall–Kier alpha value is -3.09. The molecule has 0 N–H and O–H groups in total. The van der Waals surface area contributed by atoms with Crippen molar-refractivity contribution in [1.29, 1.82) is 0 Å². The zero-order valence-electron chi connectivity index (χ0n) is 14.1. The van der Waals surface area contributed by atoms with Crippen molar-refractivity contribution in [2.75, 3.05) is 0 Å². The highest BCUT2D eigenvalue weighted by atomic mass is 19.4. The molecular weight excluding hydrogens is 380 g/mol. The standard InChI is InChI=1S/C21H11F6N/c22-20(23,24)15-9-14(10-16(11-15)21(25,26)27)17-5-1-3-12-6-7-13-4-2-8-28-19(13)18(12)17/h1-11H. The summed E-state index contributed by atoms with van der Waals surface area (Å²) in [5, 5.41) is 1.92. The molecule has 1 aromatic heterocycles. The van der Waals surface area contributed by atoms with E-state index in [2.05, 4.69) is 4.98 Å². The molecular formula is C21H11F6N. The Balaban J connectivity index is 2.09. The van der Waals surface area contributed by atoms with Crippen LogP contribution in [0.25, 0.3) is 32.8 Å². The first-order valence-electron chi connectivity index (χ1n) is 8.21. The first kappa shape index (κ1) is 18.3. The number of hydrogen-bond donors (Lipinski definition) is 0. The fourth-order valence-corrected chi connectivity index (χ4v) is 3.26. The van der Waals surface area contributed by atoms with Crippen LogP contribution in [0.3, 0.4) is 0 Å². The van der Waals surface area contributed by atoms with Crippen LogP contribution in [0.2, 0.25) is 0 Å². The maximum atomic E-state index is 13.2. The van der Waals surface area contributed by atoms with Crippen LogP contribution in [0.5, 0.6) is 0 Å². The van der Waals surface area contributed by atoms with Gasteiger partial charge in [-0.3, -0.25) is 4.98 Å². The van der Waals surface area contributed by atoms with Gasteiger partial charge in [-0.2, -0.15) is 26.3 Å². The molecule has 0 bridgehead atoms. The molecule has 0 aliphatic heterocycles. The van der Waals surface area contributed by atoms with Gasteiger partial charge >= 0.3 is 12.4 Å². The van der Waals surface area contributed by atoms with Gasteiger partial charge in [-0.25, -0.2) is 0 Å². The molecule has 0 aliphatic rings. The fraction of sp³-hybridized carbons (Fsp3) is 0.0952. The Kier molecular flexibility index (Phi) is 4.06. The van der Waals surface area contributed by atoms with E-state index in [1.807, 2.05) is 6.07 Å². The average Bonchev–Trinajstić information content (AvgIpc) is 2.65. The van der Waals surface area contributed by atoms with Gasteiger partial charge in [-0.1, -0.05) is 36.4 Å². The number of pyridine rings is 1. The van der Waals surface area contributed by atoms with Crippen LogP contribution >= 0.6 is 0 Å². The van der Waals surface area contributed by atoms with Crippen molar-refractivity contribution in [3.8, 4) is 11.1 Å². The van der Waals surface area contributed by atoms with Crippen molar-refractivity contribution in [2.45, 2.75) is 12.4 Å². The van der Waals surface area contributed by atoms with E-state index in [-0.39, 0.29) is 17.2 Å². The summed E-state index contributed by atoms with van der Waals surface area (Å²) in [6.07, 6.45) is -8.27. The van der Waals surface area contributed by atoms with Gasteiger partial charge < -0.3 is 0 Å². The quantitative estimate of drug-likeness (QED) is 0.249. The fourth-order valence-electron chi connectivity index (χ4n) is 3.26.